The number of aromatic nitrogens is 5. The Morgan fingerprint density at radius 1 is 1.30 bits per heavy atom. The number of hydrogen-bond donors (Lipinski definition) is 1. The van der Waals surface area contributed by atoms with E-state index < -0.39 is 0 Å². The molecule has 1 amide bonds. The van der Waals surface area contributed by atoms with E-state index in [1.54, 1.807) is 27.6 Å². The summed E-state index contributed by atoms with van der Waals surface area (Å²) in [6, 6.07) is 0.312. The van der Waals surface area contributed by atoms with Gasteiger partial charge in [0.2, 0.25) is 5.91 Å². The van der Waals surface area contributed by atoms with E-state index in [1.807, 2.05) is 24.0 Å². The molecule has 33 heavy (non-hydrogen) atoms. The third kappa shape index (κ3) is 3.79. The molecule has 0 radical (unpaired) electrons. The van der Waals surface area contributed by atoms with Gasteiger partial charge in [-0.2, -0.15) is 0 Å². The molecule has 2 fully saturated rings. The van der Waals surface area contributed by atoms with E-state index in [2.05, 4.69) is 22.0 Å². The van der Waals surface area contributed by atoms with Gasteiger partial charge in [-0.3, -0.25) is 14.3 Å². The molecule has 1 aliphatic heterocycles. The van der Waals surface area contributed by atoms with E-state index in [0.717, 1.165) is 24.9 Å². The van der Waals surface area contributed by atoms with Gasteiger partial charge in [-0.15, -0.1) is 5.10 Å². The van der Waals surface area contributed by atoms with Crippen molar-refractivity contribution >= 4 is 28.3 Å². The molecule has 4 heterocycles. The number of methoxy groups -OCH3 is 1. The molecule has 1 unspecified atom stereocenters. The van der Waals surface area contributed by atoms with Crippen LogP contribution in [-0.2, 0) is 18.4 Å². The summed E-state index contributed by atoms with van der Waals surface area (Å²) in [5.41, 5.74) is 2.64. The average molecular weight is 452 g/mol. The van der Waals surface area contributed by atoms with Crippen LogP contribution in [-0.4, -0.2) is 54.9 Å². The number of carbonyl (C=O) groups excluding carboxylic acids is 1. The molecule has 10 heteroatoms. The van der Waals surface area contributed by atoms with Crippen molar-refractivity contribution in [3.8, 4) is 5.88 Å². The standard InChI is InChI=1S/C23H29N7O3/c1-4-19(31)28-9-8-15(10-28)11-29-13-17(25-18-12-27(2)26-22(18)33-3)20-21(23(29)32)30(14-24-20)16-6-5-7-16/h4,12-16,25H,1,5-11H2,2-3H3. The minimum atomic E-state index is -0.0608. The molecule has 5 rings (SSSR count). The lowest BCUT2D eigenvalue weighted by Crippen LogP contribution is -2.30. The van der Waals surface area contributed by atoms with Crippen LogP contribution in [0.1, 0.15) is 31.7 Å². The first kappa shape index (κ1) is 21.3. The molecule has 1 N–H and O–H groups in total. The van der Waals surface area contributed by atoms with Crippen LogP contribution < -0.4 is 15.6 Å². The summed E-state index contributed by atoms with van der Waals surface area (Å²) < 4.78 is 10.9. The first-order valence-corrected chi connectivity index (χ1v) is 11.3. The Bertz CT molecular complexity index is 1270. The number of pyridine rings is 1. The van der Waals surface area contributed by atoms with Crippen molar-refractivity contribution in [2.45, 2.75) is 38.3 Å². The van der Waals surface area contributed by atoms with Crippen LogP contribution in [0.15, 0.2) is 36.2 Å². The molecule has 1 saturated heterocycles. The zero-order valence-corrected chi connectivity index (χ0v) is 19.0. The second-order valence-corrected chi connectivity index (χ2v) is 8.93. The Kier molecular flexibility index (Phi) is 5.43. The van der Waals surface area contributed by atoms with Gasteiger partial charge in [-0.1, -0.05) is 6.58 Å². The summed E-state index contributed by atoms with van der Waals surface area (Å²) in [7, 11) is 3.40. The van der Waals surface area contributed by atoms with Crippen molar-refractivity contribution in [1.29, 1.82) is 0 Å². The van der Waals surface area contributed by atoms with E-state index in [0.29, 0.717) is 48.3 Å². The molecule has 1 atom stereocenters. The van der Waals surface area contributed by atoms with Crippen LogP contribution in [0, 0.1) is 5.92 Å². The van der Waals surface area contributed by atoms with Crippen LogP contribution in [0.3, 0.4) is 0 Å². The van der Waals surface area contributed by atoms with Crippen molar-refractivity contribution < 1.29 is 9.53 Å². The Morgan fingerprint density at radius 2 is 2.12 bits per heavy atom. The van der Waals surface area contributed by atoms with Gasteiger partial charge in [0, 0.05) is 38.9 Å². The van der Waals surface area contributed by atoms with Gasteiger partial charge in [0.05, 0.1) is 25.3 Å². The fourth-order valence-corrected chi connectivity index (χ4v) is 4.79. The minimum Gasteiger partial charge on any atom is -0.478 e. The molecule has 1 saturated carbocycles. The maximum absolute atomic E-state index is 13.6. The molecule has 174 valence electrons. The van der Waals surface area contributed by atoms with Crippen molar-refractivity contribution in [3.05, 3.63) is 41.7 Å². The fraction of sp³-hybridized carbons (Fsp3) is 0.478. The molecule has 0 spiro atoms. The number of nitrogens with one attached hydrogen (secondary N) is 1. The lowest BCUT2D eigenvalue weighted by Gasteiger charge is -2.27. The zero-order valence-electron chi connectivity index (χ0n) is 19.0. The van der Waals surface area contributed by atoms with Crippen LogP contribution in [0.25, 0.3) is 11.0 Å². The number of ether oxygens (including phenoxy) is 1. The van der Waals surface area contributed by atoms with E-state index in [9.17, 15) is 9.59 Å². The van der Waals surface area contributed by atoms with Crippen molar-refractivity contribution in [1.82, 2.24) is 28.8 Å². The van der Waals surface area contributed by atoms with E-state index in [-0.39, 0.29) is 17.4 Å². The van der Waals surface area contributed by atoms with Gasteiger partial charge >= 0.3 is 0 Å². The highest BCUT2D eigenvalue weighted by Crippen LogP contribution is 2.35. The molecule has 3 aromatic heterocycles. The predicted octanol–water partition coefficient (Wildman–Crippen LogP) is 2.44. The molecule has 0 aromatic carbocycles. The van der Waals surface area contributed by atoms with Gasteiger partial charge in [0.1, 0.15) is 16.7 Å². The summed E-state index contributed by atoms with van der Waals surface area (Å²) in [6.07, 6.45) is 10.9. The quantitative estimate of drug-likeness (QED) is 0.554. The normalized spacial score (nSPS) is 18.5. The minimum absolute atomic E-state index is 0.0494. The van der Waals surface area contributed by atoms with Crippen LogP contribution in [0.2, 0.25) is 0 Å². The van der Waals surface area contributed by atoms with Crippen molar-refractivity contribution in [3.63, 3.8) is 0 Å². The lowest BCUT2D eigenvalue weighted by molar-refractivity contribution is -0.125. The van der Waals surface area contributed by atoms with Gasteiger partial charge < -0.3 is 24.1 Å². The highest BCUT2D eigenvalue weighted by Gasteiger charge is 2.28. The lowest BCUT2D eigenvalue weighted by atomic mass is 9.93. The van der Waals surface area contributed by atoms with Crippen LogP contribution in [0.5, 0.6) is 5.88 Å². The number of rotatable bonds is 7. The summed E-state index contributed by atoms with van der Waals surface area (Å²) >= 11 is 0. The van der Waals surface area contributed by atoms with E-state index in [1.165, 1.54) is 12.5 Å². The number of amides is 1. The Balaban J connectivity index is 1.54. The van der Waals surface area contributed by atoms with E-state index >= 15 is 0 Å². The largest absolute Gasteiger partial charge is 0.478 e. The Hall–Kier alpha value is -3.56. The Morgan fingerprint density at radius 3 is 2.82 bits per heavy atom. The van der Waals surface area contributed by atoms with Gasteiger partial charge in [-0.25, -0.2) is 4.98 Å². The highest BCUT2D eigenvalue weighted by atomic mass is 16.5. The summed E-state index contributed by atoms with van der Waals surface area (Å²) in [5, 5.41) is 7.69. The number of anilines is 2. The SMILES string of the molecule is C=CC(=O)N1CCC(Cn2cc(Nc3cn(C)nc3OC)c3ncn(C4CCC4)c3c2=O)C1. The summed E-state index contributed by atoms with van der Waals surface area (Å²) in [4.78, 5) is 32.0. The first-order chi connectivity index (χ1) is 16.0. The number of carbonyl (C=O) groups is 1. The molecule has 2 aliphatic rings. The van der Waals surface area contributed by atoms with Crippen LogP contribution >= 0.6 is 0 Å². The highest BCUT2D eigenvalue weighted by molar-refractivity contribution is 5.90. The number of aryl methyl sites for hydroxylation is 1. The number of hydrogen-bond acceptors (Lipinski definition) is 6. The Labute approximate surface area is 191 Å². The molecule has 3 aromatic rings. The maximum atomic E-state index is 13.6. The first-order valence-electron chi connectivity index (χ1n) is 11.3. The molecular weight excluding hydrogens is 422 g/mol. The second kappa shape index (κ2) is 8.42. The van der Waals surface area contributed by atoms with Gasteiger partial charge in [-0.05, 0) is 37.7 Å². The van der Waals surface area contributed by atoms with Crippen molar-refractivity contribution in [2.24, 2.45) is 13.0 Å². The molecule has 0 bridgehead atoms. The smallest absolute Gasteiger partial charge is 0.276 e. The van der Waals surface area contributed by atoms with Gasteiger partial charge in [0.15, 0.2) is 0 Å². The molecule has 1 aliphatic carbocycles. The predicted molar refractivity (Wildman–Crippen MR) is 125 cm³/mol. The third-order valence-corrected chi connectivity index (χ3v) is 6.75. The fourth-order valence-electron chi connectivity index (χ4n) is 4.79. The number of nitrogens with zero attached hydrogens (tertiary/aromatic N) is 6. The number of fused-ring (bicyclic) bond motifs is 1. The topological polar surface area (TPSA) is 99.2 Å². The molecular formula is C23H29N7O3. The summed E-state index contributed by atoms with van der Waals surface area (Å²) in [6.45, 7) is 5.42. The van der Waals surface area contributed by atoms with Crippen LogP contribution in [0.4, 0.5) is 11.4 Å². The second-order valence-electron chi connectivity index (χ2n) is 8.93. The van der Waals surface area contributed by atoms with Gasteiger partial charge in [0.25, 0.3) is 11.4 Å². The maximum Gasteiger partial charge on any atom is 0.276 e. The monoisotopic (exact) mass is 451 g/mol. The number of imidazole rings is 1. The van der Waals surface area contributed by atoms with Crippen molar-refractivity contribution in [2.75, 3.05) is 25.5 Å². The third-order valence-electron chi connectivity index (χ3n) is 6.75. The average Bonchev–Trinajstić information content (AvgIpc) is 3.48. The van der Waals surface area contributed by atoms with E-state index in [4.69, 9.17) is 4.74 Å². The summed E-state index contributed by atoms with van der Waals surface area (Å²) in [5.74, 6) is 0.607. The number of likely N-dealkylation sites (tertiary alicyclic amines) is 1. The zero-order chi connectivity index (χ0) is 23.1. The molecule has 10 nitrogen and oxygen atoms in total.